The molecule has 0 aliphatic carbocycles. The summed E-state index contributed by atoms with van der Waals surface area (Å²) in [5.41, 5.74) is 0.715. The highest BCUT2D eigenvalue weighted by Gasteiger charge is 2.33. The lowest BCUT2D eigenvalue weighted by atomic mass is 9.99. The first-order chi connectivity index (χ1) is 14.4. The number of sulfonamides is 1. The first kappa shape index (κ1) is 22.5. The molecular formula is C21H26N2O5S2. The van der Waals surface area contributed by atoms with Gasteiger partial charge in [0.15, 0.2) is 11.5 Å². The Morgan fingerprint density at radius 1 is 1.13 bits per heavy atom. The van der Waals surface area contributed by atoms with E-state index in [0.717, 1.165) is 4.90 Å². The molecule has 1 fully saturated rings. The minimum atomic E-state index is -3.76. The number of amides is 1. The second kappa shape index (κ2) is 9.72. The number of carbonyl (C=O) groups is 1. The van der Waals surface area contributed by atoms with Gasteiger partial charge in [0, 0.05) is 29.7 Å². The summed E-state index contributed by atoms with van der Waals surface area (Å²) in [4.78, 5) is 14.0. The van der Waals surface area contributed by atoms with E-state index in [1.54, 1.807) is 17.8 Å². The van der Waals surface area contributed by atoms with Gasteiger partial charge in [0.05, 0.1) is 25.0 Å². The zero-order valence-corrected chi connectivity index (χ0v) is 18.9. The Balaban J connectivity index is 1.75. The number of hydrogen-bond donors (Lipinski definition) is 1. The maximum atomic E-state index is 13.2. The van der Waals surface area contributed by atoms with Crippen LogP contribution in [0.1, 0.15) is 12.8 Å². The fraction of sp³-hybridized carbons (Fsp3) is 0.381. The first-order valence-electron chi connectivity index (χ1n) is 9.56. The molecule has 0 aromatic heterocycles. The third kappa shape index (κ3) is 4.91. The van der Waals surface area contributed by atoms with E-state index < -0.39 is 15.9 Å². The predicted octanol–water partition coefficient (Wildman–Crippen LogP) is 3.47. The molecule has 162 valence electrons. The summed E-state index contributed by atoms with van der Waals surface area (Å²) in [7, 11) is -0.800. The highest BCUT2D eigenvalue weighted by molar-refractivity contribution is 7.98. The molecule has 1 aliphatic heterocycles. The minimum absolute atomic E-state index is 0.119. The highest BCUT2D eigenvalue weighted by atomic mass is 32.2. The van der Waals surface area contributed by atoms with Crippen molar-refractivity contribution in [2.75, 3.05) is 38.9 Å². The number of nitrogens with one attached hydrogen (secondary N) is 1. The molecule has 0 bridgehead atoms. The van der Waals surface area contributed by atoms with Crippen LogP contribution >= 0.6 is 11.8 Å². The zero-order valence-electron chi connectivity index (χ0n) is 17.3. The SMILES string of the molecule is COc1ccc(S(=O)(=O)N2CCC[C@@H](C(=O)Nc3cccc(SC)c3)C2)cc1OC. The predicted molar refractivity (Wildman–Crippen MR) is 118 cm³/mol. The first-order valence-corrected chi connectivity index (χ1v) is 12.2. The highest BCUT2D eigenvalue weighted by Crippen LogP contribution is 2.32. The van der Waals surface area contributed by atoms with Gasteiger partial charge in [-0.05, 0) is 49.4 Å². The van der Waals surface area contributed by atoms with Crippen molar-refractivity contribution in [2.24, 2.45) is 5.92 Å². The molecule has 0 unspecified atom stereocenters. The molecule has 2 aromatic rings. The molecule has 1 amide bonds. The van der Waals surface area contributed by atoms with Crippen LogP contribution < -0.4 is 14.8 Å². The topological polar surface area (TPSA) is 84.9 Å². The van der Waals surface area contributed by atoms with Crippen LogP contribution in [0.5, 0.6) is 11.5 Å². The second-order valence-electron chi connectivity index (χ2n) is 6.94. The Bertz CT molecular complexity index is 1010. The maximum Gasteiger partial charge on any atom is 0.243 e. The molecule has 30 heavy (non-hydrogen) atoms. The number of hydrogen-bond acceptors (Lipinski definition) is 6. The summed E-state index contributed by atoms with van der Waals surface area (Å²) in [6.45, 7) is 0.521. The molecule has 1 aliphatic rings. The molecule has 1 heterocycles. The number of anilines is 1. The lowest BCUT2D eigenvalue weighted by molar-refractivity contribution is -0.120. The van der Waals surface area contributed by atoms with E-state index in [-0.39, 0.29) is 17.3 Å². The number of piperidine rings is 1. The fourth-order valence-corrected chi connectivity index (χ4v) is 5.45. The second-order valence-corrected chi connectivity index (χ2v) is 9.76. The zero-order chi connectivity index (χ0) is 21.7. The Morgan fingerprint density at radius 2 is 1.90 bits per heavy atom. The molecule has 7 nitrogen and oxygen atoms in total. The van der Waals surface area contributed by atoms with Crippen molar-refractivity contribution in [2.45, 2.75) is 22.6 Å². The largest absolute Gasteiger partial charge is 0.493 e. The number of thioether (sulfide) groups is 1. The molecule has 9 heteroatoms. The number of nitrogens with zero attached hydrogens (tertiary/aromatic N) is 1. The maximum absolute atomic E-state index is 13.2. The van der Waals surface area contributed by atoms with Gasteiger partial charge in [-0.25, -0.2) is 8.42 Å². The van der Waals surface area contributed by atoms with Gasteiger partial charge in [-0.3, -0.25) is 4.79 Å². The van der Waals surface area contributed by atoms with Crippen molar-refractivity contribution in [3.8, 4) is 11.5 Å². The molecule has 2 aromatic carbocycles. The van der Waals surface area contributed by atoms with Crippen LogP contribution in [0.25, 0.3) is 0 Å². The summed E-state index contributed by atoms with van der Waals surface area (Å²) in [6.07, 6.45) is 3.24. The normalized spacial score (nSPS) is 17.4. The van der Waals surface area contributed by atoms with Crippen molar-refractivity contribution >= 4 is 33.4 Å². The Labute approximate surface area is 181 Å². The summed E-state index contributed by atoms with van der Waals surface area (Å²) in [5.74, 6) is 0.227. The Morgan fingerprint density at radius 3 is 2.60 bits per heavy atom. The van der Waals surface area contributed by atoms with Gasteiger partial charge in [-0.15, -0.1) is 11.8 Å². The van der Waals surface area contributed by atoms with Gasteiger partial charge < -0.3 is 14.8 Å². The van der Waals surface area contributed by atoms with Gasteiger partial charge in [0.1, 0.15) is 0 Å². The summed E-state index contributed by atoms with van der Waals surface area (Å²) < 4.78 is 38.1. The molecule has 1 N–H and O–H groups in total. The Kier molecular flexibility index (Phi) is 7.27. The molecule has 0 spiro atoms. The minimum Gasteiger partial charge on any atom is -0.493 e. The van der Waals surface area contributed by atoms with Crippen LogP contribution in [-0.2, 0) is 14.8 Å². The van der Waals surface area contributed by atoms with Gasteiger partial charge in [0.25, 0.3) is 0 Å². The van der Waals surface area contributed by atoms with Crippen molar-refractivity contribution in [1.82, 2.24) is 4.31 Å². The van der Waals surface area contributed by atoms with E-state index in [4.69, 9.17) is 9.47 Å². The van der Waals surface area contributed by atoms with Crippen LogP contribution in [0.2, 0.25) is 0 Å². The van der Waals surface area contributed by atoms with Crippen molar-refractivity contribution in [3.63, 3.8) is 0 Å². The van der Waals surface area contributed by atoms with Crippen molar-refractivity contribution in [1.29, 1.82) is 0 Å². The standard InChI is InChI=1S/C21H26N2O5S2/c1-27-19-10-9-18(13-20(19)28-2)30(25,26)23-11-5-6-15(14-23)21(24)22-16-7-4-8-17(12-16)29-3/h4,7-10,12-13,15H,5-6,11,14H2,1-3H3,(H,22,24)/t15-/m1/s1. The van der Waals surface area contributed by atoms with Gasteiger partial charge in [-0.2, -0.15) is 4.31 Å². The van der Waals surface area contributed by atoms with Crippen molar-refractivity contribution in [3.05, 3.63) is 42.5 Å². The molecular weight excluding hydrogens is 424 g/mol. The smallest absolute Gasteiger partial charge is 0.243 e. The summed E-state index contributed by atoms with van der Waals surface area (Å²) >= 11 is 1.59. The monoisotopic (exact) mass is 450 g/mol. The van der Waals surface area contributed by atoms with Gasteiger partial charge in [0.2, 0.25) is 15.9 Å². The number of rotatable bonds is 7. The number of methoxy groups -OCH3 is 2. The van der Waals surface area contributed by atoms with Crippen LogP contribution in [-0.4, -0.2) is 52.2 Å². The van der Waals surface area contributed by atoms with E-state index in [0.29, 0.717) is 36.6 Å². The molecule has 1 atom stereocenters. The average molecular weight is 451 g/mol. The molecule has 0 saturated carbocycles. The quantitative estimate of drug-likeness (QED) is 0.651. The van der Waals surface area contributed by atoms with Crippen LogP contribution in [0.3, 0.4) is 0 Å². The van der Waals surface area contributed by atoms with E-state index in [2.05, 4.69) is 5.32 Å². The average Bonchev–Trinajstić information content (AvgIpc) is 2.78. The van der Waals surface area contributed by atoms with Crippen molar-refractivity contribution < 1.29 is 22.7 Å². The van der Waals surface area contributed by atoms with Gasteiger partial charge >= 0.3 is 0 Å². The van der Waals surface area contributed by atoms with E-state index in [1.807, 2.05) is 30.5 Å². The third-order valence-electron chi connectivity index (χ3n) is 5.08. The van der Waals surface area contributed by atoms with E-state index >= 15 is 0 Å². The number of carbonyl (C=O) groups excluding carboxylic acids is 1. The molecule has 3 rings (SSSR count). The third-order valence-corrected chi connectivity index (χ3v) is 7.67. The van der Waals surface area contributed by atoms with Crippen LogP contribution in [0, 0.1) is 5.92 Å². The van der Waals surface area contributed by atoms with Gasteiger partial charge in [-0.1, -0.05) is 6.07 Å². The van der Waals surface area contributed by atoms with E-state index in [1.165, 1.54) is 30.7 Å². The molecule has 1 saturated heterocycles. The Hall–Kier alpha value is -2.23. The van der Waals surface area contributed by atoms with E-state index in [9.17, 15) is 13.2 Å². The number of ether oxygens (including phenoxy) is 2. The van der Waals surface area contributed by atoms with Crippen LogP contribution in [0.4, 0.5) is 5.69 Å². The molecule has 0 radical (unpaired) electrons. The lowest BCUT2D eigenvalue weighted by Gasteiger charge is -2.31. The summed E-state index contributed by atoms with van der Waals surface area (Å²) in [5, 5.41) is 2.92. The number of benzene rings is 2. The fourth-order valence-electron chi connectivity index (χ4n) is 3.45. The van der Waals surface area contributed by atoms with Crippen LogP contribution in [0.15, 0.2) is 52.3 Å². The summed E-state index contributed by atoms with van der Waals surface area (Å²) in [6, 6.07) is 12.1. The lowest BCUT2D eigenvalue weighted by Crippen LogP contribution is -2.43.